The van der Waals surface area contributed by atoms with Crippen molar-refractivity contribution in [3.05, 3.63) is 218 Å². The van der Waals surface area contributed by atoms with E-state index in [-0.39, 0.29) is 0 Å². The molecule has 0 saturated heterocycles. The molecule has 0 N–H and O–H groups in total. The second-order valence-electron chi connectivity index (χ2n) is 15.7. The van der Waals surface area contributed by atoms with E-state index in [9.17, 15) is 0 Å². The highest BCUT2D eigenvalue weighted by atomic mass is 32.1. The summed E-state index contributed by atoms with van der Waals surface area (Å²) < 4.78 is 9.35. The molecular weight excluding hydrogens is 773 g/mol. The van der Waals surface area contributed by atoms with E-state index in [1.807, 2.05) is 35.6 Å². The first-order valence-corrected chi connectivity index (χ1v) is 21.7. The molecule has 0 radical (unpaired) electrons. The number of nitrogens with zero attached hydrogens (tertiary/aromatic N) is 2. The lowest BCUT2D eigenvalue weighted by Gasteiger charge is -2.13. The molecule has 0 aliphatic rings. The van der Waals surface area contributed by atoms with Crippen LogP contribution in [-0.4, -0.2) is 9.97 Å². The second-order valence-corrected chi connectivity index (χ2v) is 16.8. The fourth-order valence-electron chi connectivity index (χ4n) is 8.84. The summed E-state index contributed by atoms with van der Waals surface area (Å²) in [4.78, 5) is 10.4. The van der Waals surface area contributed by atoms with Crippen LogP contribution >= 0.6 is 11.3 Å². The van der Waals surface area contributed by atoms with E-state index in [4.69, 9.17) is 14.4 Å². The number of aromatic nitrogens is 2. The SMILES string of the molecule is c1ccc(-c2cc(-c3ccccc3)cc(-c3cc(-c4ccc(-c5ccc(-c6ccc7sc8ccccc8c7c6)c6c5oc5ccccc56)cc4)nc(-c4ccccc4)n3)c2)cc1. The van der Waals surface area contributed by atoms with E-state index in [1.165, 1.54) is 25.7 Å². The van der Waals surface area contributed by atoms with Crippen LogP contribution in [-0.2, 0) is 0 Å². The summed E-state index contributed by atoms with van der Waals surface area (Å²) in [6.45, 7) is 0. The van der Waals surface area contributed by atoms with Gasteiger partial charge in [-0.2, -0.15) is 0 Å². The van der Waals surface area contributed by atoms with Crippen molar-refractivity contribution in [2.75, 3.05) is 0 Å². The molecule has 0 unspecified atom stereocenters. The molecule has 3 heterocycles. The Morgan fingerprint density at radius 1 is 0.323 bits per heavy atom. The molecule has 0 atom stereocenters. The Hall–Kier alpha value is -7.92. The highest BCUT2D eigenvalue weighted by Crippen LogP contribution is 2.44. The van der Waals surface area contributed by atoms with Crippen molar-refractivity contribution in [3.8, 4) is 78.4 Å². The minimum Gasteiger partial charge on any atom is -0.455 e. The van der Waals surface area contributed by atoms with Gasteiger partial charge in [0.25, 0.3) is 0 Å². The lowest BCUT2D eigenvalue weighted by molar-refractivity contribution is 0.670. The van der Waals surface area contributed by atoms with Gasteiger partial charge in [0.05, 0.1) is 11.4 Å². The van der Waals surface area contributed by atoms with Gasteiger partial charge in [0.2, 0.25) is 0 Å². The quantitative estimate of drug-likeness (QED) is 0.161. The van der Waals surface area contributed by atoms with E-state index in [0.29, 0.717) is 5.82 Å². The van der Waals surface area contributed by atoms with Crippen molar-refractivity contribution in [2.45, 2.75) is 0 Å². The molecule has 3 nitrogen and oxygen atoms in total. The van der Waals surface area contributed by atoms with Gasteiger partial charge in [-0.15, -0.1) is 11.3 Å². The van der Waals surface area contributed by atoms with Crippen molar-refractivity contribution in [1.82, 2.24) is 9.97 Å². The number of hydrogen-bond acceptors (Lipinski definition) is 4. The van der Waals surface area contributed by atoms with Crippen molar-refractivity contribution in [1.29, 1.82) is 0 Å². The Balaban J connectivity index is 0.980. The maximum atomic E-state index is 6.75. The number of fused-ring (bicyclic) bond motifs is 6. The van der Waals surface area contributed by atoms with Crippen LogP contribution in [0.15, 0.2) is 223 Å². The van der Waals surface area contributed by atoms with E-state index >= 15 is 0 Å². The Labute approximate surface area is 362 Å². The molecule has 9 aromatic carbocycles. The maximum Gasteiger partial charge on any atom is 0.160 e. The van der Waals surface area contributed by atoms with Gasteiger partial charge < -0.3 is 4.42 Å². The third kappa shape index (κ3) is 6.37. The summed E-state index contributed by atoms with van der Waals surface area (Å²) in [7, 11) is 0. The smallest absolute Gasteiger partial charge is 0.160 e. The normalized spacial score (nSPS) is 11.5. The lowest BCUT2D eigenvalue weighted by atomic mass is 9.93. The largest absolute Gasteiger partial charge is 0.455 e. The minimum absolute atomic E-state index is 0.682. The topological polar surface area (TPSA) is 38.9 Å². The van der Waals surface area contributed by atoms with Gasteiger partial charge in [-0.1, -0.05) is 164 Å². The highest BCUT2D eigenvalue weighted by Gasteiger charge is 2.19. The van der Waals surface area contributed by atoms with Crippen LogP contribution in [0.2, 0.25) is 0 Å². The molecule has 0 spiro atoms. The predicted molar refractivity (Wildman–Crippen MR) is 260 cm³/mol. The minimum atomic E-state index is 0.682. The summed E-state index contributed by atoms with van der Waals surface area (Å²) in [6.07, 6.45) is 0. The molecule has 0 amide bonds. The Kier molecular flexibility index (Phi) is 8.68. The molecule has 0 bridgehead atoms. The van der Waals surface area contributed by atoms with Crippen LogP contribution in [0.5, 0.6) is 0 Å². The first-order valence-electron chi connectivity index (χ1n) is 20.9. The zero-order chi connectivity index (χ0) is 41.0. The zero-order valence-corrected chi connectivity index (χ0v) is 34.3. The molecule has 12 aromatic rings. The van der Waals surface area contributed by atoms with Crippen LogP contribution in [0.1, 0.15) is 0 Å². The predicted octanol–water partition coefficient (Wildman–Crippen LogP) is 16.4. The van der Waals surface area contributed by atoms with Crippen molar-refractivity contribution >= 4 is 53.4 Å². The average Bonchev–Trinajstić information content (AvgIpc) is 3.93. The molecule has 4 heteroatoms. The number of benzene rings is 9. The lowest BCUT2D eigenvalue weighted by Crippen LogP contribution is -1.96. The summed E-state index contributed by atoms with van der Waals surface area (Å²) in [5, 5.41) is 4.82. The van der Waals surface area contributed by atoms with Gasteiger partial charge >= 0.3 is 0 Å². The summed E-state index contributed by atoms with van der Waals surface area (Å²) >= 11 is 1.84. The summed E-state index contributed by atoms with van der Waals surface area (Å²) in [5.74, 6) is 0.682. The van der Waals surface area contributed by atoms with Crippen LogP contribution in [0.3, 0.4) is 0 Å². The molecule has 290 valence electrons. The van der Waals surface area contributed by atoms with Gasteiger partial charge in [-0.05, 0) is 93.5 Å². The summed E-state index contributed by atoms with van der Waals surface area (Å²) in [5.41, 5.74) is 15.5. The van der Waals surface area contributed by atoms with Crippen LogP contribution in [0, 0.1) is 0 Å². The second kappa shape index (κ2) is 15.0. The third-order valence-corrected chi connectivity index (χ3v) is 13.1. The van der Waals surface area contributed by atoms with Gasteiger partial charge in [0.15, 0.2) is 5.82 Å². The fourth-order valence-corrected chi connectivity index (χ4v) is 9.93. The van der Waals surface area contributed by atoms with Crippen molar-refractivity contribution in [3.63, 3.8) is 0 Å². The van der Waals surface area contributed by atoms with E-state index in [0.717, 1.165) is 89.0 Å². The monoisotopic (exact) mass is 808 g/mol. The number of rotatable bonds is 7. The van der Waals surface area contributed by atoms with E-state index in [2.05, 4.69) is 194 Å². The molecule has 0 fully saturated rings. The Bertz CT molecular complexity index is 3550. The van der Waals surface area contributed by atoms with Gasteiger partial charge in [-0.3, -0.25) is 0 Å². The Morgan fingerprint density at radius 3 is 1.56 bits per heavy atom. The number of hydrogen-bond donors (Lipinski definition) is 0. The van der Waals surface area contributed by atoms with Gasteiger partial charge in [0, 0.05) is 53.2 Å². The molecule has 0 saturated carbocycles. The molecule has 0 aliphatic carbocycles. The molecule has 62 heavy (non-hydrogen) atoms. The van der Waals surface area contributed by atoms with Crippen LogP contribution in [0.25, 0.3) is 121 Å². The summed E-state index contributed by atoms with van der Waals surface area (Å²) in [6, 6.07) is 77.4. The average molecular weight is 809 g/mol. The maximum absolute atomic E-state index is 6.75. The van der Waals surface area contributed by atoms with Crippen molar-refractivity contribution < 1.29 is 4.42 Å². The standard InChI is InChI=1S/C58H36N2OS/c1-4-14-37(15-5-1)43-32-44(38-16-6-2-7-17-38)34-45(33-43)52-36-51(59-58(60-52)41-18-8-3-9-19-41)40-26-24-39(25-27-40)47-30-29-46(56-49-21-10-12-22-53(49)61-57(47)56)42-28-31-55-50(35-42)48-20-11-13-23-54(48)62-55/h1-36H. The first kappa shape index (κ1) is 36.0. The molecule has 12 rings (SSSR count). The third-order valence-electron chi connectivity index (χ3n) is 11.9. The van der Waals surface area contributed by atoms with Crippen LogP contribution < -0.4 is 0 Å². The molecule has 3 aromatic heterocycles. The highest BCUT2D eigenvalue weighted by molar-refractivity contribution is 7.25. The first-order chi connectivity index (χ1) is 30.7. The molecule has 0 aliphatic heterocycles. The zero-order valence-electron chi connectivity index (χ0n) is 33.5. The molecular formula is C58H36N2OS. The van der Waals surface area contributed by atoms with Crippen molar-refractivity contribution in [2.24, 2.45) is 0 Å². The Morgan fingerprint density at radius 2 is 0.855 bits per heavy atom. The van der Waals surface area contributed by atoms with Crippen LogP contribution in [0.4, 0.5) is 0 Å². The van der Waals surface area contributed by atoms with Gasteiger partial charge in [-0.25, -0.2) is 9.97 Å². The van der Waals surface area contributed by atoms with E-state index < -0.39 is 0 Å². The number of para-hydroxylation sites is 1. The number of furan rings is 1. The number of thiophene rings is 1. The fraction of sp³-hybridized carbons (Fsp3) is 0. The van der Waals surface area contributed by atoms with E-state index in [1.54, 1.807) is 0 Å². The van der Waals surface area contributed by atoms with Gasteiger partial charge in [0.1, 0.15) is 11.2 Å².